The number of hydrogen-bond acceptors (Lipinski definition) is 5. The van der Waals surface area contributed by atoms with Crippen LogP contribution in [0.2, 0.25) is 0 Å². The van der Waals surface area contributed by atoms with Gasteiger partial charge in [0.2, 0.25) is 5.91 Å². The number of anilines is 1. The topological polar surface area (TPSA) is 77.2 Å². The molecule has 0 spiro atoms. The van der Waals surface area contributed by atoms with Crippen LogP contribution in [0.25, 0.3) is 0 Å². The van der Waals surface area contributed by atoms with Gasteiger partial charge in [0.05, 0.1) is 11.8 Å². The highest BCUT2D eigenvalue weighted by Crippen LogP contribution is 2.19. The van der Waals surface area contributed by atoms with Gasteiger partial charge in [-0.2, -0.15) is 0 Å². The number of hydrogen-bond donors (Lipinski definition) is 2. The van der Waals surface area contributed by atoms with Crippen molar-refractivity contribution in [1.82, 2.24) is 4.98 Å². The molecule has 0 radical (unpaired) electrons. The first-order valence-electron chi connectivity index (χ1n) is 5.56. The summed E-state index contributed by atoms with van der Waals surface area (Å²) < 4.78 is 5.08. The molecule has 0 aromatic carbocycles. The molecule has 3 N–H and O–H groups in total. The molecule has 2 unspecified atom stereocenters. The molecule has 17 heavy (non-hydrogen) atoms. The van der Waals surface area contributed by atoms with Crippen LogP contribution in [0.4, 0.5) is 5.13 Å². The van der Waals surface area contributed by atoms with Gasteiger partial charge in [-0.3, -0.25) is 4.79 Å². The highest BCUT2D eigenvalue weighted by Gasteiger charge is 2.10. The fraction of sp³-hybridized carbons (Fsp3) is 0.636. The van der Waals surface area contributed by atoms with Gasteiger partial charge in [0.15, 0.2) is 5.13 Å². The number of carbonyl (C=O) groups excluding carboxylic acids is 1. The van der Waals surface area contributed by atoms with E-state index in [4.69, 9.17) is 10.5 Å². The van der Waals surface area contributed by atoms with E-state index in [9.17, 15) is 4.79 Å². The van der Waals surface area contributed by atoms with E-state index in [1.165, 1.54) is 11.3 Å². The molecule has 5 nitrogen and oxygen atoms in total. The van der Waals surface area contributed by atoms with Gasteiger partial charge < -0.3 is 15.8 Å². The van der Waals surface area contributed by atoms with Gasteiger partial charge in [-0.1, -0.05) is 0 Å². The summed E-state index contributed by atoms with van der Waals surface area (Å²) in [5.74, 6) is -0.0422. The third kappa shape index (κ3) is 4.80. The van der Waals surface area contributed by atoms with Crippen molar-refractivity contribution in [1.29, 1.82) is 0 Å². The van der Waals surface area contributed by atoms with Gasteiger partial charge in [-0.15, -0.1) is 11.3 Å². The summed E-state index contributed by atoms with van der Waals surface area (Å²) in [5.41, 5.74) is 6.49. The van der Waals surface area contributed by atoms with Gasteiger partial charge in [0, 0.05) is 25.0 Å². The molecule has 6 heteroatoms. The number of rotatable bonds is 6. The van der Waals surface area contributed by atoms with Crippen molar-refractivity contribution in [3.05, 3.63) is 11.1 Å². The van der Waals surface area contributed by atoms with E-state index in [0.717, 1.165) is 5.69 Å². The SMILES string of the molecule is COC(C)CCC(=O)Nc1nc(C(C)N)cs1. The molecule has 0 aliphatic carbocycles. The van der Waals surface area contributed by atoms with E-state index >= 15 is 0 Å². The van der Waals surface area contributed by atoms with Crippen LogP contribution in [-0.2, 0) is 9.53 Å². The lowest BCUT2D eigenvalue weighted by molar-refractivity contribution is -0.116. The summed E-state index contributed by atoms with van der Waals surface area (Å²) in [6.07, 6.45) is 1.23. The minimum absolute atomic E-state index is 0.0422. The number of amides is 1. The number of thiazole rings is 1. The van der Waals surface area contributed by atoms with Crippen LogP contribution < -0.4 is 11.1 Å². The van der Waals surface area contributed by atoms with Crippen molar-refractivity contribution in [2.45, 2.75) is 38.8 Å². The monoisotopic (exact) mass is 257 g/mol. The standard InChI is InChI=1S/C11H19N3O2S/c1-7(16-3)4-5-10(15)14-11-13-9(6-17-11)8(2)12/h6-8H,4-5,12H2,1-3H3,(H,13,14,15). The molecule has 0 aliphatic rings. The molecule has 0 bridgehead atoms. The van der Waals surface area contributed by atoms with Crippen LogP contribution >= 0.6 is 11.3 Å². The molecule has 1 heterocycles. The molecule has 0 aliphatic heterocycles. The van der Waals surface area contributed by atoms with E-state index in [-0.39, 0.29) is 18.1 Å². The maximum atomic E-state index is 11.6. The molecule has 1 rings (SSSR count). The van der Waals surface area contributed by atoms with E-state index in [2.05, 4.69) is 10.3 Å². The van der Waals surface area contributed by atoms with Crippen molar-refractivity contribution in [2.75, 3.05) is 12.4 Å². The van der Waals surface area contributed by atoms with Crippen LogP contribution in [-0.4, -0.2) is 24.1 Å². The zero-order chi connectivity index (χ0) is 12.8. The van der Waals surface area contributed by atoms with Crippen LogP contribution in [0.3, 0.4) is 0 Å². The zero-order valence-corrected chi connectivity index (χ0v) is 11.2. The fourth-order valence-electron chi connectivity index (χ4n) is 1.19. The number of aromatic nitrogens is 1. The lowest BCUT2D eigenvalue weighted by Gasteiger charge is -2.08. The highest BCUT2D eigenvalue weighted by atomic mass is 32.1. The van der Waals surface area contributed by atoms with E-state index in [1.54, 1.807) is 7.11 Å². The summed E-state index contributed by atoms with van der Waals surface area (Å²) in [6.45, 7) is 3.80. The number of nitrogens with two attached hydrogens (primary N) is 1. The number of nitrogens with one attached hydrogen (secondary N) is 1. The van der Waals surface area contributed by atoms with Gasteiger partial charge in [-0.25, -0.2) is 4.98 Å². The first-order valence-corrected chi connectivity index (χ1v) is 6.44. The lowest BCUT2D eigenvalue weighted by Crippen LogP contribution is -2.15. The molecule has 0 saturated heterocycles. The number of carbonyl (C=O) groups is 1. The quantitative estimate of drug-likeness (QED) is 0.816. The minimum atomic E-state index is -0.106. The Morgan fingerprint density at radius 2 is 2.35 bits per heavy atom. The molecule has 0 fully saturated rings. The van der Waals surface area contributed by atoms with Crippen molar-refractivity contribution in [2.24, 2.45) is 5.73 Å². The summed E-state index contributed by atoms with van der Waals surface area (Å²) in [6, 6.07) is -0.106. The van der Waals surface area contributed by atoms with Crippen molar-refractivity contribution >= 4 is 22.4 Å². The Morgan fingerprint density at radius 1 is 1.65 bits per heavy atom. The predicted octanol–water partition coefficient (Wildman–Crippen LogP) is 1.92. The molecule has 96 valence electrons. The summed E-state index contributed by atoms with van der Waals surface area (Å²) in [4.78, 5) is 15.8. The van der Waals surface area contributed by atoms with E-state index in [1.807, 2.05) is 19.2 Å². The Balaban J connectivity index is 2.39. The Hall–Kier alpha value is -0.980. The zero-order valence-electron chi connectivity index (χ0n) is 10.4. The molecular formula is C11H19N3O2S. The maximum Gasteiger partial charge on any atom is 0.226 e. The second-order valence-electron chi connectivity index (χ2n) is 4.00. The Labute approximate surface area is 105 Å². The highest BCUT2D eigenvalue weighted by molar-refractivity contribution is 7.13. The molecular weight excluding hydrogens is 238 g/mol. The van der Waals surface area contributed by atoms with E-state index < -0.39 is 0 Å². The van der Waals surface area contributed by atoms with Crippen molar-refractivity contribution < 1.29 is 9.53 Å². The number of ether oxygens (including phenoxy) is 1. The second-order valence-corrected chi connectivity index (χ2v) is 4.86. The van der Waals surface area contributed by atoms with E-state index in [0.29, 0.717) is 18.0 Å². The van der Waals surface area contributed by atoms with Gasteiger partial charge in [0.1, 0.15) is 0 Å². The summed E-state index contributed by atoms with van der Waals surface area (Å²) in [7, 11) is 1.64. The predicted molar refractivity (Wildman–Crippen MR) is 69.1 cm³/mol. The summed E-state index contributed by atoms with van der Waals surface area (Å²) in [5, 5.41) is 5.22. The third-order valence-electron chi connectivity index (χ3n) is 2.42. The summed E-state index contributed by atoms with van der Waals surface area (Å²) >= 11 is 1.39. The Morgan fingerprint density at radius 3 is 2.88 bits per heavy atom. The normalized spacial score (nSPS) is 14.4. The average Bonchev–Trinajstić information content (AvgIpc) is 2.74. The first-order chi connectivity index (χ1) is 8.02. The number of nitrogens with zero attached hydrogens (tertiary/aromatic N) is 1. The van der Waals surface area contributed by atoms with Crippen LogP contribution in [0.1, 0.15) is 38.4 Å². The van der Waals surface area contributed by atoms with Crippen LogP contribution in [0.15, 0.2) is 5.38 Å². The molecule has 1 amide bonds. The van der Waals surface area contributed by atoms with Crippen LogP contribution in [0.5, 0.6) is 0 Å². The van der Waals surface area contributed by atoms with Crippen LogP contribution in [0, 0.1) is 0 Å². The number of methoxy groups -OCH3 is 1. The smallest absolute Gasteiger partial charge is 0.226 e. The van der Waals surface area contributed by atoms with Gasteiger partial charge in [-0.05, 0) is 20.3 Å². The average molecular weight is 257 g/mol. The lowest BCUT2D eigenvalue weighted by atomic mass is 10.2. The molecule has 1 aromatic heterocycles. The van der Waals surface area contributed by atoms with Gasteiger partial charge >= 0.3 is 0 Å². The Bertz CT molecular complexity index is 365. The minimum Gasteiger partial charge on any atom is -0.382 e. The largest absolute Gasteiger partial charge is 0.382 e. The third-order valence-corrected chi connectivity index (χ3v) is 3.19. The Kier molecular flexibility index (Phi) is 5.54. The van der Waals surface area contributed by atoms with Crippen molar-refractivity contribution in [3.8, 4) is 0 Å². The molecule has 0 saturated carbocycles. The first kappa shape index (κ1) is 14.1. The second kappa shape index (κ2) is 6.68. The molecule has 2 atom stereocenters. The molecule has 1 aromatic rings. The maximum absolute atomic E-state index is 11.6. The fourth-order valence-corrected chi connectivity index (χ4v) is 2.02. The van der Waals surface area contributed by atoms with Crippen molar-refractivity contribution in [3.63, 3.8) is 0 Å². The van der Waals surface area contributed by atoms with Gasteiger partial charge in [0.25, 0.3) is 0 Å².